The van der Waals surface area contributed by atoms with Gasteiger partial charge in [-0.3, -0.25) is 15.3 Å². The number of nitrogens with one attached hydrogen (secondary N) is 2. The highest BCUT2D eigenvalue weighted by atomic mass is 19.4. The van der Waals surface area contributed by atoms with Gasteiger partial charge >= 0.3 is 12.2 Å². The van der Waals surface area contributed by atoms with E-state index in [4.69, 9.17) is 11.1 Å². The fourth-order valence-electron chi connectivity index (χ4n) is 4.27. The van der Waals surface area contributed by atoms with Crippen molar-refractivity contribution in [2.45, 2.75) is 58.2 Å². The van der Waals surface area contributed by atoms with Crippen LogP contribution in [0.1, 0.15) is 49.3 Å². The van der Waals surface area contributed by atoms with Gasteiger partial charge in [0, 0.05) is 36.0 Å². The number of carbonyl (C=O) groups excluding carboxylic acids is 1. The van der Waals surface area contributed by atoms with Crippen LogP contribution in [0.4, 0.5) is 32.4 Å². The topological polar surface area (TPSA) is 115 Å². The van der Waals surface area contributed by atoms with E-state index in [0.29, 0.717) is 22.6 Å². The van der Waals surface area contributed by atoms with Crippen LogP contribution in [-0.4, -0.2) is 52.5 Å². The first-order valence-corrected chi connectivity index (χ1v) is 12.6. The second kappa shape index (κ2) is 12.2. The molecule has 1 unspecified atom stereocenters. The van der Waals surface area contributed by atoms with Gasteiger partial charge in [0.05, 0.1) is 24.3 Å². The number of rotatable bonds is 6. The van der Waals surface area contributed by atoms with Gasteiger partial charge in [0.2, 0.25) is 0 Å². The summed E-state index contributed by atoms with van der Waals surface area (Å²) in [5, 5.41) is 21.5. The number of amides is 2. The Morgan fingerprint density at radius 1 is 1.20 bits per heavy atom. The third-order valence-electron chi connectivity index (χ3n) is 6.55. The number of hydrogen-bond donors (Lipinski definition) is 4. The minimum atomic E-state index is -4.55. The number of alkyl halides is 3. The van der Waals surface area contributed by atoms with Crippen LogP contribution in [0.3, 0.4) is 0 Å². The average molecular weight is 566 g/mol. The molecule has 0 spiro atoms. The molecule has 1 atom stereocenters. The number of halogens is 5. The lowest BCUT2D eigenvalue weighted by Gasteiger charge is -2.32. The van der Waals surface area contributed by atoms with E-state index in [9.17, 15) is 31.9 Å². The van der Waals surface area contributed by atoms with E-state index in [1.165, 1.54) is 13.0 Å². The smallest absolute Gasteiger partial charge is 0.390 e. The van der Waals surface area contributed by atoms with E-state index in [2.05, 4.69) is 10.3 Å². The fraction of sp³-hybridized carbons (Fsp3) is 0.393. The molecule has 0 saturated heterocycles. The van der Waals surface area contributed by atoms with Crippen LogP contribution in [0.5, 0.6) is 0 Å². The zero-order chi connectivity index (χ0) is 29.8. The van der Waals surface area contributed by atoms with E-state index < -0.39 is 48.2 Å². The molecule has 0 bridgehead atoms. The van der Waals surface area contributed by atoms with Crippen LogP contribution < -0.4 is 11.1 Å². The van der Waals surface area contributed by atoms with E-state index in [1.54, 1.807) is 31.2 Å². The fourth-order valence-corrected chi connectivity index (χ4v) is 4.27. The molecular formula is C28H32F5N5O2. The van der Waals surface area contributed by atoms with Crippen molar-refractivity contribution >= 4 is 23.3 Å². The highest BCUT2D eigenvalue weighted by Crippen LogP contribution is 2.33. The first-order chi connectivity index (χ1) is 18.6. The summed E-state index contributed by atoms with van der Waals surface area (Å²) < 4.78 is 66.6. The maximum atomic E-state index is 14.0. The molecule has 2 aromatic carbocycles. The zero-order valence-corrected chi connectivity index (χ0v) is 22.4. The van der Waals surface area contributed by atoms with Gasteiger partial charge in [-0.25, -0.2) is 13.6 Å². The molecule has 40 heavy (non-hydrogen) atoms. The molecule has 2 aromatic rings. The molecule has 0 radical (unpaired) electrons. The Labute approximate surface area is 229 Å². The van der Waals surface area contributed by atoms with Crippen LogP contribution in [0, 0.1) is 30.9 Å². The number of aryl methyl sites for hydroxylation is 2. The Morgan fingerprint density at radius 2 is 1.85 bits per heavy atom. The first kappa shape index (κ1) is 30.7. The van der Waals surface area contributed by atoms with Gasteiger partial charge in [0.25, 0.3) is 0 Å². The molecule has 0 heterocycles. The number of nitrogens with two attached hydrogens (primary N) is 1. The molecule has 216 valence electrons. The molecule has 3 rings (SSSR count). The summed E-state index contributed by atoms with van der Waals surface area (Å²) in [5.74, 6) is -2.48. The lowest BCUT2D eigenvalue weighted by atomic mass is 9.81. The van der Waals surface area contributed by atoms with Crippen LogP contribution >= 0.6 is 0 Å². The Bertz CT molecular complexity index is 1310. The number of carbonyl (C=O) groups is 1. The van der Waals surface area contributed by atoms with Crippen molar-refractivity contribution in [3.05, 3.63) is 76.0 Å². The monoisotopic (exact) mass is 565 g/mol. The number of aliphatic hydroxyl groups is 1. The molecule has 12 heteroatoms. The molecule has 1 saturated carbocycles. The Balaban J connectivity index is 1.86. The SMILES string of the molecule is Cc1ccc(C(=N)N(CCC(F)(F)F)C(=O)NC/C(N)=C2\CCC(C)(O)CC2=Nc2cc(C)c(F)c(F)c2)cc1. The largest absolute Gasteiger partial charge is 0.400 e. The van der Waals surface area contributed by atoms with Gasteiger partial charge in [-0.15, -0.1) is 0 Å². The highest BCUT2D eigenvalue weighted by Gasteiger charge is 2.33. The van der Waals surface area contributed by atoms with Gasteiger partial charge < -0.3 is 16.2 Å². The summed E-state index contributed by atoms with van der Waals surface area (Å²) in [4.78, 5) is 18.1. The minimum absolute atomic E-state index is 0.0441. The van der Waals surface area contributed by atoms with E-state index in [-0.39, 0.29) is 41.9 Å². The average Bonchev–Trinajstić information content (AvgIpc) is 2.85. The Kier molecular flexibility index (Phi) is 9.34. The van der Waals surface area contributed by atoms with Crippen molar-refractivity contribution in [3.63, 3.8) is 0 Å². The molecular weight excluding hydrogens is 533 g/mol. The molecule has 5 N–H and O–H groups in total. The number of benzene rings is 2. The van der Waals surface area contributed by atoms with Crippen LogP contribution in [0.25, 0.3) is 0 Å². The Morgan fingerprint density at radius 3 is 2.45 bits per heavy atom. The molecule has 7 nitrogen and oxygen atoms in total. The third-order valence-corrected chi connectivity index (χ3v) is 6.55. The maximum absolute atomic E-state index is 14.0. The Hall–Kier alpha value is -3.80. The van der Waals surface area contributed by atoms with Gasteiger partial charge in [-0.05, 0) is 50.8 Å². The molecule has 1 aliphatic rings. The van der Waals surface area contributed by atoms with E-state index in [0.717, 1.165) is 11.6 Å². The number of hydrogen-bond acceptors (Lipinski definition) is 5. The second-order valence-corrected chi connectivity index (χ2v) is 10.2. The summed E-state index contributed by atoms with van der Waals surface area (Å²) in [6.45, 7) is 3.74. The predicted octanol–water partition coefficient (Wildman–Crippen LogP) is 5.79. The lowest BCUT2D eigenvalue weighted by molar-refractivity contribution is -0.135. The standard InChI is InChI=1S/C28H32F5N5O2/c1-16-4-6-18(7-5-16)25(35)38(11-10-28(31,32)33)26(39)36-15-22(34)20-8-9-27(3,40)14-23(20)37-19-12-17(2)24(30)21(29)13-19/h4-7,12-13,35,40H,8-11,14-15,34H2,1-3H3,(H,36,39)/b22-20-,35-25?,37-23?. The molecule has 1 aliphatic carbocycles. The summed E-state index contributed by atoms with van der Waals surface area (Å²) in [7, 11) is 0. The van der Waals surface area contributed by atoms with Gasteiger partial charge in [0.15, 0.2) is 11.6 Å². The van der Waals surface area contributed by atoms with Crippen molar-refractivity contribution < 1.29 is 31.9 Å². The van der Waals surface area contributed by atoms with E-state index in [1.807, 2.05) is 6.92 Å². The summed E-state index contributed by atoms with van der Waals surface area (Å²) >= 11 is 0. The van der Waals surface area contributed by atoms with Crippen molar-refractivity contribution in [1.82, 2.24) is 10.2 Å². The number of aliphatic imine (C=N–C) groups is 1. The molecule has 2 amide bonds. The van der Waals surface area contributed by atoms with Crippen LogP contribution in [-0.2, 0) is 0 Å². The van der Waals surface area contributed by atoms with Gasteiger partial charge in [-0.1, -0.05) is 29.8 Å². The number of nitrogens with zero attached hydrogens (tertiary/aromatic N) is 2. The van der Waals surface area contributed by atoms with Crippen LogP contribution in [0.15, 0.2) is 52.7 Å². The van der Waals surface area contributed by atoms with Crippen molar-refractivity contribution in [2.24, 2.45) is 10.7 Å². The van der Waals surface area contributed by atoms with Gasteiger partial charge in [-0.2, -0.15) is 13.2 Å². The first-order valence-electron chi connectivity index (χ1n) is 12.6. The zero-order valence-electron chi connectivity index (χ0n) is 22.4. The summed E-state index contributed by atoms with van der Waals surface area (Å²) in [5.41, 5.74) is 7.37. The molecule has 0 aliphatic heterocycles. The minimum Gasteiger partial charge on any atom is -0.400 e. The van der Waals surface area contributed by atoms with E-state index >= 15 is 0 Å². The van der Waals surface area contributed by atoms with Crippen molar-refractivity contribution in [1.29, 1.82) is 5.41 Å². The predicted molar refractivity (Wildman–Crippen MR) is 143 cm³/mol. The van der Waals surface area contributed by atoms with Crippen molar-refractivity contribution in [3.8, 4) is 0 Å². The molecule has 0 aromatic heterocycles. The van der Waals surface area contributed by atoms with Crippen LogP contribution in [0.2, 0.25) is 0 Å². The molecule has 1 fully saturated rings. The highest BCUT2D eigenvalue weighted by molar-refractivity contribution is 6.06. The summed E-state index contributed by atoms with van der Waals surface area (Å²) in [6.07, 6.45) is -5.25. The summed E-state index contributed by atoms with van der Waals surface area (Å²) in [6, 6.07) is 7.76. The third kappa shape index (κ3) is 8.10. The van der Waals surface area contributed by atoms with Gasteiger partial charge in [0.1, 0.15) is 5.84 Å². The van der Waals surface area contributed by atoms with Crippen molar-refractivity contribution in [2.75, 3.05) is 13.1 Å². The quantitative estimate of drug-likeness (QED) is 0.202. The number of allylic oxidation sites excluding steroid dienone is 1. The maximum Gasteiger partial charge on any atom is 0.390 e. The normalized spacial score (nSPS) is 19.9. The number of amidine groups is 1. The second-order valence-electron chi connectivity index (χ2n) is 10.2. The number of urea groups is 1. The lowest BCUT2D eigenvalue weighted by Crippen LogP contribution is -2.46.